The van der Waals surface area contributed by atoms with E-state index >= 15 is 0 Å². The first-order valence-corrected chi connectivity index (χ1v) is 4.63. The summed E-state index contributed by atoms with van der Waals surface area (Å²) in [6.45, 7) is 14.0. The fraction of sp³-hybridized carbons (Fsp3) is 0.143. The quantitative estimate of drug-likeness (QED) is 0.472. The largest absolute Gasteiger partial charge is 0.106 e. The fourth-order valence-electron chi connectivity index (χ4n) is 1.28. The molecule has 0 saturated carbocycles. The molecule has 14 heavy (non-hydrogen) atoms. The van der Waals surface area contributed by atoms with Crippen LogP contribution in [0, 0.1) is 0 Å². The fourth-order valence-corrected chi connectivity index (χ4v) is 1.28. The van der Waals surface area contributed by atoms with Crippen molar-refractivity contribution in [1.82, 2.24) is 0 Å². The second-order valence-electron chi connectivity index (χ2n) is 2.85. The van der Waals surface area contributed by atoms with Crippen LogP contribution in [0.4, 0.5) is 0 Å². The molecule has 0 atom stereocenters. The molecule has 1 aromatic rings. The lowest BCUT2D eigenvalue weighted by molar-refractivity contribution is 1.50. The van der Waals surface area contributed by atoms with E-state index in [9.17, 15) is 0 Å². The summed E-state index contributed by atoms with van der Waals surface area (Å²) in [6, 6.07) is 10.3. The average molecular weight is 186 g/mol. The van der Waals surface area contributed by atoms with Crippen LogP contribution < -0.4 is 0 Å². The first-order valence-electron chi connectivity index (χ1n) is 4.63. The van der Waals surface area contributed by atoms with Crippen LogP contribution in [0.15, 0.2) is 61.7 Å². The molecule has 0 fully saturated rings. The van der Waals surface area contributed by atoms with Crippen molar-refractivity contribution in [3.05, 3.63) is 67.3 Å². The number of benzene rings is 1. The monoisotopic (exact) mass is 186 g/mol. The Bertz CT molecular complexity index is 304. The molecular formula is C14H18. The lowest BCUT2D eigenvalue weighted by Crippen LogP contribution is -1.83. The van der Waals surface area contributed by atoms with Gasteiger partial charge in [0, 0.05) is 0 Å². The molecule has 0 heterocycles. The summed E-state index contributed by atoms with van der Waals surface area (Å²) in [4.78, 5) is 0. The van der Waals surface area contributed by atoms with Gasteiger partial charge in [-0.15, -0.1) is 13.2 Å². The Hall–Kier alpha value is -1.56. The van der Waals surface area contributed by atoms with Gasteiger partial charge in [0.1, 0.15) is 0 Å². The van der Waals surface area contributed by atoms with Crippen molar-refractivity contribution in [3.63, 3.8) is 0 Å². The Morgan fingerprint density at radius 3 is 2.00 bits per heavy atom. The molecule has 0 nitrogen and oxygen atoms in total. The molecular weight excluding hydrogens is 168 g/mol. The molecule has 0 aliphatic heterocycles. The maximum Gasteiger partial charge on any atom is -0.0185 e. The van der Waals surface area contributed by atoms with Crippen LogP contribution in [0.2, 0.25) is 0 Å². The second kappa shape index (κ2) is 6.90. The highest BCUT2D eigenvalue weighted by Crippen LogP contribution is 2.20. The first kappa shape index (κ1) is 12.4. The number of hydrogen-bond acceptors (Lipinski definition) is 0. The van der Waals surface area contributed by atoms with Crippen LogP contribution in [0.25, 0.3) is 5.57 Å². The maximum atomic E-state index is 3.93. The van der Waals surface area contributed by atoms with Gasteiger partial charge in [-0.25, -0.2) is 0 Å². The van der Waals surface area contributed by atoms with Crippen molar-refractivity contribution >= 4 is 5.57 Å². The summed E-state index contributed by atoms with van der Waals surface area (Å²) in [5.41, 5.74) is 3.59. The van der Waals surface area contributed by atoms with Crippen molar-refractivity contribution in [1.29, 1.82) is 0 Å². The van der Waals surface area contributed by atoms with Gasteiger partial charge in [-0.3, -0.25) is 0 Å². The predicted molar refractivity (Wildman–Crippen MR) is 66.2 cm³/mol. The normalized spacial score (nSPS) is 10.0. The van der Waals surface area contributed by atoms with Crippen LogP contribution in [0.1, 0.15) is 19.4 Å². The summed E-state index contributed by atoms with van der Waals surface area (Å²) in [5, 5.41) is 0. The molecule has 0 aromatic heterocycles. The third kappa shape index (κ3) is 3.44. The highest BCUT2D eigenvalue weighted by molar-refractivity contribution is 5.77. The van der Waals surface area contributed by atoms with Crippen molar-refractivity contribution in [2.24, 2.45) is 0 Å². The summed E-state index contributed by atoms with van der Waals surface area (Å²) >= 11 is 0. The summed E-state index contributed by atoms with van der Waals surface area (Å²) in [6.07, 6.45) is 2.09. The zero-order valence-electron chi connectivity index (χ0n) is 9.09. The van der Waals surface area contributed by atoms with Crippen LogP contribution >= 0.6 is 0 Å². The van der Waals surface area contributed by atoms with E-state index in [1.54, 1.807) is 0 Å². The van der Waals surface area contributed by atoms with Gasteiger partial charge in [0.2, 0.25) is 0 Å². The Labute approximate surface area is 87.3 Å². The van der Waals surface area contributed by atoms with Gasteiger partial charge in [0.15, 0.2) is 0 Å². The lowest BCUT2D eigenvalue weighted by atomic mass is 10.0. The molecule has 0 radical (unpaired) electrons. The van der Waals surface area contributed by atoms with Crippen molar-refractivity contribution in [2.45, 2.75) is 13.8 Å². The molecule has 1 rings (SSSR count). The maximum absolute atomic E-state index is 3.93. The highest BCUT2D eigenvalue weighted by Gasteiger charge is 1.98. The van der Waals surface area contributed by atoms with Crippen molar-refractivity contribution in [2.75, 3.05) is 0 Å². The summed E-state index contributed by atoms with van der Waals surface area (Å²) < 4.78 is 0. The Balaban J connectivity index is 0.000000791. The van der Waals surface area contributed by atoms with Crippen molar-refractivity contribution in [3.8, 4) is 0 Å². The minimum atomic E-state index is 1.11. The van der Waals surface area contributed by atoms with Crippen molar-refractivity contribution < 1.29 is 0 Å². The molecule has 74 valence electrons. The molecule has 0 amide bonds. The van der Waals surface area contributed by atoms with E-state index in [-0.39, 0.29) is 0 Å². The number of allylic oxidation sites excluding steroid dienone is 3. The van der Waals surface area contributed by atoms with Gasteiger partial charge >= 0.3 is 0 Å². The summed E-state index contributed by atoms with van der Waals surface area (Å²) in [5.74, 6) is 0. The van der Waals surface area contributed by atoms with Gasteiger partial charge in [-0.2, -0.15) is 0 Å². The molecule has 1 aromatic carbocycles. The Kier molecular flexibility index (Phi) is 6.13. The molecule has 0 aliphatic carbocycles. The Morgan fingerprint density at radius 2 is 1.64 bits per heavy atom. The number of rotatable bonds is 2. The predicted octanol–water partition coefficient (Wildman–Crippen LogP) is 4.47. The van der Waals surface area contributed by atoms with Gasteiger partial charge in [0.25, 0.3) is 0 Å². The molecule has 0 aliphatic rings. The Morgan fingerprint density at radius 1 is 1.14 bits per heavy atom. The SMILES string of the molecule is C=C.C=C(C)/C(=C\C)c1ccccc1. The van der Waals surface area contributed by atoms with Crippen LogP contribution in [-0.4, -0.2) is 0 Å². The zero-order valence-corrected chi connectivity index (χ0v) is 9.09. The summed E-state index contributed by atoms with van der Waals surface area (Å²) in [7, 11) is 0. The van der Waals surface area contributed by atoms with E-state index in [0.29, 0.717) is 0 Å². The standard InChI is InChI=1S/C12H14.C2H4/c1-4-12(10(2)3)11-8-6-5-7-9-11;1-2/h4-9H,2H2,1,3H3;1-2H2/b12-4+;. The van der Waals surface area contributed by atoms with Crippen LogP contribution in [-0.2, 0) is 0 Å². The smallest absolute Gasteiger partial charge is 0.0185 e. The van der Waals surface area contributed by atoms with Gasteiger partial charge < -0.3 is 0 Å². The molecule has 0 unspecified atom stereocenters. The van der Waals surface area contributed by atoms with Gasteiger partial charge in [0.05, 0.1) is 0 Å². The van der Waals surface area contributed by atoms with Crippen LogP contribution in [0.5, 0.6) is 0 Å². The topological polar surface area (TPSA) is 0 Å². The third-order valence-corrected chi connectivity index (χ3v) is 1.83. The third-order valence-electron chi connectivity index (χ3n) is 1.83. The van der Waals surface area contributed by atoms with Gasteiger partial charge in [-0.1, -0.05) is 48.6 Å². The van der Waals surface area contributed by atoms with E-state index in [0.717, 1.165) is 5.57 Å². The lowest BCUT2D eigenvalue weighted by Gasteiger charge is -2.05. The minimum Gasteiger partial charge on any atom is -0.106 e. The number of hydrogen-bond donors (Lipinski definition) is 0. The van der Waals surface area contributed by atoms with Crippen LogP contribution in [0.3, 0.4) is 0 Å². The minimum absolute atomic E-state index is 1.11. The van der Waals surface area contributed by atoms with E-state index in [1.807, 2.05) is 32.0 Å². The molecule has 0 saturated heterocycles. The highest BCUT2D eigenvalue weighted by atomic mass is 14.0. The molecule has 0 N–H and O–H groups in total. The molecule has 0 bridgehead atoms. The van der Waals surface area contributed by atoms with E-state index in [1.165, 1.54) is 11.1 Å². The second-order valence-corrected chi connectivity index (χ2v) is 2.85. The van der Waals surface area contributed by atoms with Gasteiger partial charge in [-0.05, 0) is 25.0 Å². The molecule has 0 spiro atoms. The first-order chi connectivity index (χ1) is 6.75. The van der Waals surface area contributed by atoms with E-state index < -0.39 is 0 Å². The average Bonchev–Trinajstić information content (AvgIpc) is 2.23. The van der Waals surface area contributed by atoms with E-state index in [4.69, 9.17) is 0 Å². The zero-order chi connectivity index (χ0) is 11.0. The molecule has 0 heteroatoms. The van der Waals surface area contributed by atoms with E-state index in [2.05, 4.69) is 37.9 Å².